The maximum absolute atomic E-state index is 12.5. The lowest BCUT2D eigenvalue weighted by Crippen LogP contribution is -2.52. The highest BCUT2D eigenvalue weighted by atomic mass is 16.2. The largest absolute Gasteiger partial charge is 0.341 e. The molecule has 4 nitrogen and oxygen atoms in total. The van der Waals surface area contributed by atoms with Crippen molar-refractivity contribution in [3.8, 4) is 0 Å². The van der Waals surface area contributed by atoms with Gasteiger partial charge in [-0.05, 0) is 51.6 Å². The van der Waals surface area contributed by atoms with Crippen molar-refractivity contribution in [3.63, 3.8) is 0 Å². The summed E-state index contributed by atoms with van der Waals surface area (Å²) in [6.45, 7) is 9.43. The van der Waals surface area contributed by atoms with Crippen LogP contribution in [0.3, 0.4) is 0 Å². The van der Waals surface area contributed by atoms with Crippen molar-refractivity contribution in [2.45, 2.75) is 57.9 Å². The molecule has 2 atom stereocenters. The predicted molar refractivity (Wildman–Crippen MR) is 82.5 cm³/mol. The summed E-state index contributed by atoms with van der Waals surface area (Å²) >= 11 is 0. The Hall–Kier alpha value is -0.610. The van der Waals surface area contributed by atoms with E-state index < -0.39 is 5.54 Å². The quantitative estimate of drug-likeness (QED) is 0.836. The number of piperidine rings is 1. The van der Waals surface area contributed by atoms with Gasteiger partial charge in [0, 0.05) is 19.6 Å². The molecule has 2 heterocycles. The van der Waals surface area contributed by atoms with Crippen LogP contribution in [0.4, 0.5) is 0 Å². The summed E-state index contributed by atoms with van der Waals surface area (Å²) in [4.78, 5) is 17.1. The predicted octanol–water partition coefficient (Wildman–Crippen LogP) is 1.84. The van der Waals surface area contributed by atoms with Crippen molar-refractivity contribution in [2.75, 3.05) is 32.7 Å². The first-order valence-corrected chi connectivity index (χ1v) is 8.33. The smallest absolute Gasteiger partial charge is 0.242 e. The molecule has 0 aromatic rings. The first-order valence-electron chi connectivity index (χ1n) is 8.33. The van der Waals surface area contributed by atoms with Crippen LogP contribution in [0.1, 0.15) is 52.4 Å². The van der Waals surface area contributed by atoms with Gasteiger partial charge in [0.2, 0.25) is 5.91 Å². The third kappa shape index (κ3) is 3.95. The molecule has 2 rings (SSSR count). The molecule has 0 aromatic carbocycles. The normalized spacial score (nSPS) is 27.6. The third-order valence-corrected chi connectivity index (χ3v) is 4.80. The Kier molecular flexibility index (Phi) is 5.44. The Labute approximate surface area is 123 Å². The fraction of sp³-hybridized carbons (Fsp3) is 0.938. The van der Waals surface area contributed by atoms with E-state index in [2.05, 4.69) is 11.8 Å². The zero-order valence-electron chi connectivity index (χ0n) is 13.2. The molecule has 2 aliphatic rings. The van der Waals surface area contributed by atoms with Crippen LogP contribution in [0.25, 0.3) is 0 Å². The fourth-order valence-corrected chi connectivity index (χ4v) is 3.66. The number of nitrogens with two attached hydrogens (primary N) is 1. The highest BCUT2D eigenvalue weighted by Gasteiger charge is 2.36. The number of hydrogen-bond acceptors (Lipinski definition) is 3. The number of hydrogen-bond donors (Lipinski definition) is 1. The number of nitrogens with zero attached hydrogens (tertiary/aromatic N) is 2. The third-order valence-electron chi connectivity index (χ3n) is 4.80. The van der Waals surface area contributed by atoms with Crippen molar-refractivity contribution in [1.29, 1.82) is 0 Å². The summed E-state index contributed by atoms with van der Waals surface area (Å²) in [6.07, 6.45) is 6.95. The summed E-state index contributed by atoms with van der Waals surface area (Å²) < 4.78 is 0. The van der Waals surface area contributed by atoms with E-state index in [9.17, 15) is 4.79 Å². The van der Waals surface area contributed by atoms with E-state index in [1.165, 1.54) is 38.9 Å². The van der Waals surface area contributed by atoms with Crippen LogP contribution < -0.4 is 5.73 Å². The van der Waals surface area contributed by atoms with Crippen LogP contribution in [-0.4, -0.2) is 54.0 Å². The molecule has 2 saturated heterocycles. The zero-order valence-corrected chi connectivity index (χ0v) is 13.2. The van der Waals surface area contributed by atoms with Crippen molar-refractivity contribution >= 4 is 5.91 Å². The van der Waals surface area contributed by atoms with Crippen LogP contribution in [0.2, 0.25) is 0 Å². The van der Waals surface area contributed by atoms with Gasteiger partial charge in [-0.25, -0.2) is 0 Å². The van der Waals surface area contributed by atoms with Crippen molar-refractivity contribution in [1.82, 2.24) is 9.80 Å². The SMILES string of the molecule is CCCC(C)(N)C(=O)N1CCC(CN2CCCCC2)C1. The van der Waals surface area contributed by atoms with Gasteiger partial charge in [0.15, 0.2) is 0 Å². The van der Waals surface area contributed by atoms with E-state index in [0.29, 0.717) is 5.92 Å². The Morgan fingerprint density at radius 2 is 1.95 bits per heavy atom. The molecule has 0 radical (unpaired) electrons. The molecule has 20 heavy (non-hydrogen) atoms. The first kappa shape index (κ1) is 15.8. The van der Waals surface area contributed by atoms with Crippen LogP contribution in [0.5, 0.6) is 0 Å². The highest BCUT2D eigenvalue weighted by Crippen LogP contribution is 2.23. The second-order valence-electron chi connectivity index (χ2n) is 6.93. The molecule has 1 amide bonds. The standard InChI is InChI=1S/C16H31N3O/c1-3-8-16(2,17)15(20)19-11-7-14(13-19)12-18-9-5-4-6-10-18/h14H,3-13,17H2,1-2H3. The Morgan fingerprint density at radius 3 is 2.60 bits per heavy atom. The van der Waals surface area contributed by atoms with E-state index >= 15 is 0 Å². The van der Waals surface area contributed by atoms with Crippen LogP contribution in [0, 0.1) is 5.92 Å². The molecule has 116 valence electrons. The van der Waals surface area contributed by atoms with Gasteiger partial charge < -0.3 is 15.5 Å². The number of carbonyl (C=O) groups is 1. The zero-order chi connectivity index (χ0) is 14.6. The van der Waals surface area contributed by atoms with E-state index in [-0.39, 0.29) is 5.91 Å². The second-order valence-corrected chi connectivity index (χ2v) is 6.93. The van der Waals surface area contributed by atoms with Crippen molar-refractivity contribution in [2.24, 2.45) is 11.7 Å². The fourth-order valence-electron chi connectivity index (χ4n) is 3.66. The topological polar surface area (TPSA) is 49.6 Å². The summed E-state index contributed by atoms with van der Waals surface area (Å²) in [6, 6.07) is 0. The molecule has 4 heteroatoms. The minimum atomic E-state index is -0.672. The van der Waals surface area contributed by atoms with Gasteiger partial charge in [-0.1, -0.05) is 19.8 Å². The Morgan fingerprint density at radius 1 is 1.25 bits per heavy atom. The van der Waals surface area contributed by atoms with Gasteiger partial charge in [0.05, 0.1) is 5.54 Å². The van der Waals surface area contributed by atoms with E-state index in [1.807, 2.05) is 11.8 Å². The maximum Gasteiger partial charge on any atom is 0.242 e. The molecular weight excluding hydrogens is 250 g/mol. The molecule has 2 N–H and O–H groups in total. The average molecular weight is 281 g/mol. The number of amides is 1. The molecular formula is C16H31N3O. The molecule has 0 saturated carbocycles. The second kappa shape index (κ2) is 6.90. The first-order chi connectivity index (χ1) is 9.53. The van der Waals surface area contributed by atoms with Gasteiger partial charge in [0.25, 0.3) is 0 Å². The van der Waals surface area contributed by atoms with Crippen LogP contribution in [0.15, 0.2) is 0 Å². The summed E-state index contributed by atoms with van der Waals surface area (Å²) in [5.74, 6) is 0.801. The molecule has 2 aliphatic heterocycles. The van der Waals surface area contributed by atoms with Crippen molar-refractivity contribution < 1.29 is 4.79 Å². The van der Waals surface area contributed by atoms with Gasteiger partial charge in [-0.2, -0.15) is 0 Å². The lowest BCUT2D eigenvalue weighted by atomic mass is 9.96. The lowest BCUT2D eigenvalue weighted by Gasteiger charge is -2.30. The van der Waals surface area contributed by atoms with Gasteiger partial charge in [-0.15, -0.1) is 0 Å². The summed E-state index contributed by atoms with van der Waals surface area (Å²) in [5.41, 5.74) is 5.51. The van der Waals surface area contributed by atoms with Crippen LogP contribution >= 0.6 is 0 Å². The number of carbonyl (C=O) groups excluding carboxylic acids is 1. The average Bonchev–Trinajstić information content (AvgIpc) is 2.87. The molecule has 2 fully saturated rings. The summed E-state index contributed by atoms with van der Waals surface area (Å²) in [5, 5.41) is 0. The van der Waals surface area contributed by atoms with Gasteiger partial charge >= 0.3 is 0 Å². The van der Waals surface area contributed by atoms with E-state index in [0.717, 1.165) is 32.4 Å². The Balaban J connectivity index is 1.80. The minimum absolute atomic E-state index is 0.153. The molecule has 0 spiro atoms. The molecule has 0 aliphatic carbocycles. The molecule has 0 aromatic heterocycles. The van der Waals surface area contributed by atoms with E-state index in [1.54, 1.807) is 0 Å². The van der Waals surface area contributed by atoms with E-state index in [4.69, 9.17) is 5.73 Å². The van der Waals surface area contributed by atoms with Gasteiger partial charge in [0.1, 0.15) is 0 Å². The highest BCUT2D eigenvalue weighted by molar-refractivity contribution is 5.85. The number of rotatable bonds is 5. The molecule has 0 bridgehead atoms. The molecule has 2 unspecified atom stereocenters. The number of likely N-dealkylation sites (tertiary alicyclic amines) is 2. The lowest BCUT2D eigenvalue weighted by molar-refractivity contribution is -0.135. The summed E-state index contributed by atoms with van der Waals surface area (Å²) in [7, 11) is 0. The Bertz CT molecular complexity index is 324. The minimum Gasteiger partial charge on any atom is -0.341 e. The van der Waals surface area contributed by atoms with Gasteiger partial charge in [-0.3, -0.25) is 4.79 Å². The van der Waals surface area contributed by atoms with Crippen LogP contribution in [-0.2, 0) is 4.79 Å². The maximum atomic E-state index is 12.5. The van der Waals surface area contributed by atoms with Crippen molar-refractivity contribution in [3.05, 3.63) is 0 Å². The monoisotopic (exact) mass is 281 g/mol.